The molecule has 4 nitrogen and oxygen atoms in total. The summed E-state index contributed by atoms with van der Waals surface area (Å²) in [6.45, 7) is 5.44. The molecule has 0 atom stereocenters. The normalized spacial score (nSPS) is 12.0. The number of anilines is 2. The highest BCUT2D eigenvalue weighted by Gasteiger charge is 2.27. The van der Waals surface area contributed by atoms with Gasteiger partial charge in [-0.3, -0.25) is 10.2 Å². The first-order valence-electron chi connectivity index (χ1n) is 7.42. The molecule has 0 unspecified atom stereocenters. The second-order valence-corrected chi connectivity index (χ2v) is 6.73. The number of hydrogen-bond acceptors (Lipinski definition) is 3. The van der Waals surface area contributed by atoms with Gasteiger partial charge in [0.1, 0.15) is 5.82 Å². The van der Waals surface area contributed by atoms with Crippen LogP contribution in [-0.2, 0) is 4.79 Å². The highest BCUT2D eigenvalue weighted by atomic mass is 35.5. The minimum absolute atomic E-state index is 0.160. The van der Waals surface area contributed by atoms with Gasteiger partial charge in [-0.25, -0.2) is 4.39 Å². The summed E-state index contributed by atoms with van der Waals surface area (Å²) in [5.41, 5.74) is 3.43. The van der Waals surface area contributed by atoms with E-state index in [1.54, 1.807) is 36.4 Å². The van der Waals surface area contributed by atoms with Crippen molar-refractivity contribution in [2.24, 2.45) is 10.5 Å². The van der Waals surface area contributed by atoms with E-state index < -0.39 is 5.41 Å². The van der Waals surface area contributed by atoms with Gasteiger partial charge in [-0.2, -0.15) is 5.10 Å². The van der Waals surface area contributed by atoms with Crippen LogP contribution in [0.15, 0.2) is 53.6 Å². The Balaban J connectivity index is 2.24. The lowest BCUT2D eigenvalue weighted by Gasteiger charge is -2.19. The molecule has 0 aliphatic heterocycles. The van der Waals surface area contributed by atoms with Gasteiger partial charge in [0.05, 0.1) is 5.69 Å². The molecule has 0 aliphatic rings. The Kier molecular flexibility index (Phi) is 5.57. The zero-order chi connectivity index (χ0) is 17.7. The highest BCUT2D eigenvalue weighted by molar-refractivity contribution is 6.44. The monoisotopic (exact) mass is 347 g/mol. The number of ketones is 1. The highest BCUT2D eigenvalue weighted by Crippen LogP contribution is 2.19. The topological polar surface area (TPSA) is 53.5 Å². The van der Waals surface area contributed by atoms with Crippen LogP contribution in [0, 0.1) is 11.2 Å². The number of hydrazone groups is 1. The second kappa shape index (κ2) is 7.45. The van der Waals surface area contributed by atoms with Gasteiger partial charge in [-0.1, -0.05) is 32.4 Å². The molecule has 0 heterocycles. The summed E-state index contributed by atoms with van der Waals surface area (Å²) in [5, 5.41) is 7.76. The SMILES string of the molecule is CC(C)(C)C(=O)/C(=N\Nc1ccc(F)cc1)Nc1ccc(Cl)cc1. The number of halogens is 2. The molecule has 0 spiro atoms. The fraction of sp³-hybridized carbons (Fsp3) is 0.222. The molecule has 0 fully saturated rings. The van der Waals surface area contributed by atoms with Crippen molar-refractivity contribution in [2.75, 3.05) is 10.7 Å². The van der Waals surface area contributed by atoms with E-state index in [0.29, 0.717) is 16.4 Å². The average Bonchev–Trinajstić information content (AvgIpc) is 2.53. The van der Waals surface area contributed by atoms with Crippen LogP contribution in [0.3, 0.4) is 0 Å². The quantitative estimate of drug-likeness (QED) is 0.468. The van der Waals surface area contributed by atoms with E-state index in [-0.39, 0.29) is 17.4 Å². The van der Waals surface area contributed by atoms with Crippen LogP contribution in [0.25, 0.3) is 0 Å². The smallest absolute Gasteiger partial charge is 0.205 e. The molecular weight excluding hydrogens is 329 g/mol. The number of nitrogens with one attached hydrogen (secondary N) is 2. The molecule has 2 aromatic rings. The maximum Gasteiger partial charge on any atom is 0.205 e. The van der Waals surface area contributed by atoms with Crippen LogP contribution < -0.4 is 10.7 Å². The molecule has 126 valence electrons. The first-order chi connectivity index (χ1) is 11.3. The van der Waals surface area contributed by atoms with Crippen molar-refractivity contribution < 1.29 is 9.18 Å². The summed E-state index contributed by atoms with van der Waals surface area (Å²) in [5.74, 6) is -0.337. The number of carbonyl (C=O) groups is 1. The molecule has 2 aromatic carbocycles. The number of rotatable bonds is 4. The lowest BCUT2D eigenvalue weighted by molar-refractivity contribution is -0.119. The van der Waals surface area contributed by atoms with Crippen LogP contribution in [-0.4, -0.2) is 11.6 Å². The van der Waals surface area contributed by atoms with Crippen molar-refractivity contribution in [3.63, 3.8) is 0 Å². The van der Waals surface area contributed by atoms with Crippen LogP contribution in [0.4, 0.5) is 15.8 Å². The van der Waals surface area contributed by atoms with E-state index in [1.165, 1.54) is 12.1 Å². The number of benzene rings is 2. The fourth-order valence-corrected chi connectivity index (χ4v) is 1.93. The van der Waals surface area contributed by atoms with Crippen molar-refractivity contribution in [2.45, 2.75) is 20.8 Å². The third kappa shape index (κ3) is 5.06. The Morgan fingerprint density at radius 2 is 1.54 bits per heavy atom. The summed E-state index contributed by atoms with van der Waals surface area (Å²) in [7, 11) is 0. The van der Waals surface area contributed by atoms with Gasteiger partial charge in [0.2, 0.25) is 5.78 Å². The number of Topliss-reactive ketones (excluding diaryl/α,β-unsaturated/α-hetero) is 1. The molecule has 0 amide bonds. The Morgan fingerprint density at radius 3 is 2.08 bits per heavy atom. The largest absolute Gasteiger partial charge is 0.336 e. The van der Waals surface area contributed by atoms with E-state index in [0.717, 1.165) is 0 Å². The Hall–Kier alpha value is -2.40. The van der Waals surface area contributed by atoms with Crippen molar-refractivity contribution in [1.29, 1.82) is 0 Å². The first kappa shape index (κ1) is 17.9. The number of carbonyl (C=O) groups excluding carboxylic acids is 1. The van der Waals surface area contributed by atoms with Crippen molar-refractivity contribution in [3.05, 3.63) is 59.4 Å². The van der Waals surface area contributed by atoms with Crippen LogP contribution in [0.2, 0.25) is 5.02 Å². The molecular formula is C18H19ClFN3O. The Morgan fingerprint density at radius 1 is 1.00 bits per heavy atom. The molecule has 0 saturated carbocycles. The lowest BCUT2D eigenvalue weighted by Crippen LogP contribution is -2.34. The second-order valence-electron chi connectivity index (χ2n) is 6.29. The van der Waals surface area contributed by atoms with Crippen LogP contribution in [0.5, 0.6) is 0 Å². The van der Waals surface area contributed by atoms with E-state index in [1.807, 2.05) is 20.8 Å². The van der Waals surface area contributed by atoms with E-state index in [9.17, 15) is 9.18 Å². The number of amidine groups is 1. The van der Waals surface area contributed by atoms with Gasteiger partial charge in [0, 0.05) is 16.1 Å². The maximum atomic E-state index is 12.9. The standard InChI is InChI=1S/C18H19ClFN3O/c1-18(2,3)16(24)17(21-14-8-4-12(19)5-9-14)23-22-15-10-6-13(20)7-11-15/h4-11,22H,1-3H3,(H,21,23). The molecule has 0 bridgehead atoms. The molecule has 24 heavy (non-hydrogen) atoms. The lowest BCUT2D eigenvalue weighted by atomic mass is 9.90. The molecule has 2 rings (SSSR count). The van der Waals surface area contributed by atoms with Gasteiger partial charge < -0.3 is 5.32 Å². The minimum Gasteiger partial charge on any atom is -0.336 e. The van der Waals surface area contributed by atoms with Gasteiger partial charge in [-0.05, 0) is 48.5 Å². The summed E-state index contributed by atoms with van der Waals surface area (Å²) in [4.78, 5) is 12.6. The third-order valence-corrected chi connectivity index (χ3v) is 3.40. The molecule has 0 radical (unpaired) electrons. The molecule has 2 N–H and O–H groups in total. The fourth-order valence-electron chi connectivity index (χ4n) is 1.81. The predicted octanol–water partition coefficient (Wildman–Crippen LogP) is 4.93. The van der Waals surface area contributed by atoms with Crippen LogP contribution >= 0.6 is 11.6 Å². The molecule has 0 saturated heterocycles. The first-order valence-corrected chi connectivity index (χ1v) is 7.80. The van der Waals surface area contributed by atoms with E-state index >= 15 is 0 Å². The maximum absolute atomic E-state index is 12.9. The molecule has 0 aliphatic carbocycles. The Labute approximate surface area is 145 Å². The zero-order valence-corrected chi connectivity index (χ0v) is 14.5. The molecule has 0 aromatic heterocycles. The summed E-state index contributed by atoms with van der Waals surface area (Å²) >= 11 is 5.87. The average molecular weight is 348 g/mol. The van der Waals surface area contributed by atoms with Crippen molar-refractivity contribution in [3.8, 4) is 0 Å². The number of nitrogens with zero attached hydrogens (tertiary/aromatic N) is 1. The zero-order valence-electron chi connectivity index (χ0n) is 13.7. The van der Waals surface area contributed by atoms with Crippen LogP contribution in [0.1, 0.15) is 20.8 Å². The molecule has 6 heteroatoms. The van der Waals surface area contributed by atoms with Gasteiger partial charge in [0.15, 0.2) is 5.84 Å². The van der Waals surface area contributed by atoms with Crippen molar-refractivity contribution >= 4 is 34.6 Å². The summed E-state index contributed by atoms with van der Waals surface area (Å²) in [6, 6.07) is 12.7. The van der Waals surface area contributed by atoms with E-state index in [2.05, 4.69) is 15.8 Å². The van der Waals surface area contributed by atoms with Gasteiger partial charge in [0.25, 0.3) is 0 Å². The predicted molar refractivity (Wildman–Crippen MR) is 97.0 cm³/mol. The Bertz CT molecular complexity index is 734. The minimum atomic E-state index is -0.608. The van der Waals surface area contributed by atoms with Crippen molar-refractivity contribution in [1.82, 2.24) is 0 Å². The summed E-state index contributed by atoms with van der Waals surface area (Å²) in [6.07, 6.45) is 0. The van der Waals surface area contributed by atoms with Gasteiger partial charge >= 0.3 is 0 Å². The van der Waals surface area contributed by atoms with E-state index in [4.69, 9.17) is 11.6 Å². The summed E-state index contributed by atoms with van der Waals surface area (Å²) < 4.78 is 12.9. The van der Waals surface area contributed by atoms with Gasteiger partial charge in [-0.15, -0.1) is 0 Å². The third-order valence-electron chi connectivity index (χ3n) is 3.14. The number of hydrogen-bond donors (Lipinski definition) is 2.